The highest BCUT2D eigenvalue weighted by Gasteiger charge is 2.45. The minimum Gasteiger partial charge on any atom is -0.457 e. The molecule has 2 aliphatic heterocycles. The van der Waals surface area contributed by atoms with Gasteiger partial charge in [0, 0.05) is 25.6 Å². The van der Waals surface area contributed by atoms with Crippen LogP contribution in [0.15, 0.2) is 36.4 Å². The fourth-order valence-electron chi connectivity index (χ4n) is 4.17. The number of anilines is 1. The van der Waals surface area contributed by atoms with Gasteiger partial charge in [-0.05, 0) is 49.2 Å². The molecular weight excluding hydrogens is 341 g/mol. The lowest BCUT2D eigenvalue weighted by Crippen LogP contribution is -2.42. The lowest BCUT2D eigenvalue weighted by molar-refractivity contribution is -0.137. The molecule has 0 spiro atoms. The molecule has 1 N–H and O–H groups in total. The fourth-order valence-corrected chi connectivity index (χ4v) is 4.17. The summed E-state index contributed by atoms with van der Waals surface area (Å²) in [5, 5.41) is 3.31. The number of rotatable bonds is 2. The first-order valence-electron chi connectivity index (χ1n) is 8.78. The zero-order valence-corrected chi connectivity index (χ0v) is 14.7. The van der Waals surface area contributed by atoms with Gasteiger partial charge in [-0.3, -0.25) is 0 Å². The normalized spacial score (nSPS) is 22.1. The Bertz CT molecular complexity index is 834. The van der Waals surface area contributed by atoms with Crippen LogP contribution in [-0.4, -0.2) is 26.2 Å². The number of aryl methyl sites for hydroxylation is 1. The highest BCUT2D eigenvalue weighted by molar-refractivity contribution is 5.69. The average molecular weight is 362 g/mol. The molecule has 0 radical (unpaired) electrons. The van der Waals surface area contributed by atoms with E-state index in [-0.39, 0.29) is 17.7 Å². The van der Waals surface area contributed by atoms with Crippen LogP contribution in [0.25, 0.3) is 0 Å². The van der Waals surface area contributed by atoms with Crippen molar-refractivity contribution in [3.8, 4) is 11.5 Å². The van der Waals surface area contributed by atoms with Crippen LogP contribution in [0.5, 0.6) is 11.5 Å². The van der Waals surface area contributed by atoms with Gasteiger partial charge in [0.05, 0.1) is 11.3 Å². The molecule has 0 aromatic heterocycles. The maximum atomic E-state index is 13.8. The summed E-state index contributed by atoms with van der Waals surface area (Å²) < 4.78 is 47.2. The van der Waals surface area contributed by atoms with Crippen LogP contribution < -0.4 is 15.0 Å². The van der Waals surface area contributed by atoms with Crippen molar-refractivity contribution in [2.45, 2.75) is 31.5 Å². The Hall–Kier alpha value is -2.21. The third-order valence-electron chi connectivity index (χ3n) is 5.43. The van der Waals surface area contributed by atoms with Crippen LogP contribution in [0, 0.1) is 6.92 Å². The minimum atomic E-state index is -4.43. The van der Waals surface area contributed by atoms with Gasteiger partial charge < -0.3 is 15.0 Å². The van der Waals surface area contributed by atoms with E-state index in [1.165, 1.54) is 0 Å². The van der Waals surface area contributed by atoms with E-state index in [2.05, 4.69) is 5.32 Å². The molecule has 0 saturated carbocycles. The summed E-state index contributed by atoms with van der Waals surface area (Å²) in [6.07, 6.45) is -3.59. The first kappa shape index (κ1) is 17.2. The van der Waals surface area contributed by atoms with Crippen molar-refractivity contribution in [2.24, 2.45) is 0 Å². The predicted molar refractivity (Wildman–Crippen MR) is 95.1 cm³/mol. The molecule has 1 fully saturated rings. The number of halogens is 3. The number of benzene rings is 2. The number of nitrogens with zero attached hydrogens (tertiary/aromatic N) is 1. The Morgan fingerprint density at radius 3 is 2.69 bits per heavy atom. The first-order chi connectivity index (χ1) is 12.4. The highest BCUT2D eigenvalue weighted by Crippen LogP contribution is 2.50. The Kier molecular flexibility index (Phi) is 4.10. The van der Waals surface area contributed by atoms with Gasteiger partial charge in [-0.25, -0.2) is 0 Å². The van der Waals surface area contributed by atoms with Gasteiger partial charge in [0.1, 0.15) is 11.5 Å². The molecule has 0 amide bonds. The van der Waals surface area contributed by atoms with Gasteiger partial charge in [-0.1, -0.05) is 18.2 Å². The monoisotopic (exact) mass is 362 g/mol. The van der Waals surface area contributed by atoms with Crippen molar-refractivity contribution in [1.29, 1.82) is 0 Å². The SMILES string of the molecule is Cc1ccccc1Oc1cc2c(c(C(F)(F)F)c1)N(C)C1CCNCC21. The zero-order valence-electron chi connectivity index (χ0n) is 14.7. The molecule has 26 heavy (non-hydrogen) atoms. The largest absolute Gasteiger partial charge is 0.457 e. The van der Waals surface area contributed by atoms with Gasteiger partial charge in [0.15, 0.2) is 0 Å². The molecule has 2 aromatic rings. The van der Waals surface area contributed by atoms with Gasteiger partial charge in [-0.15, -0.1) is 0 Å². The lowest BCUT2D eigenvalue weighted by Gasteiger charge is -2.31. The topological polar surface area (TPSA) is 24.5 Å². The zero-order chi connectivity index (χ0) is 18.5. The molecule has 2 heterocycles. The van der Waals surface area contributed by atoms with Crippen molar-refractivity contribution in [3.63, 3.8) is 0 Å². The first-order valence-corrected chi connectivity index (χ1v) is 8.78. The number of ether oxygens (including phenoxy) is 1. The summed E-state index contributed by atoms with van der Waals surface area (Å²) in [6.45, 7) is 3.39. The van der Waals surface area contributed by atoms with E-state index >= 15 is 0 Å². The van der Waals surface area contributed by atoms with E-state index in [9.17, 15) is 13.2 Å². The van der Waals surface area contributed by atoms with E-state index in [0.717, 1.165) is 30.2 Å². The minimum absolute atomic E-state index is 0.0465. The van der Waals surface area contributed by atoms with E-state index in [0.29, 0.717) is 18.0 Å². The number of piperidine rings is 1. The van der Waals surface area contributed by atoms with Crippen molar-refractivity contribution in [2.75, 3.05) is 25.0 Å². The number of alkyl halides is 3. The second-order valence-electron chi connectivity index (χ2n) is 7.05. The Labute approximate surface area is 150 Å². The predicted octanol–water partition coefficient (Wildman–Crippen LogP) is 4.70. The van der Waals surface area contributed by atoms with E-state index in [4.69, 9.17) is 4.74 Å². The van der Waals surface area contributed by atoms with E-state index in [1.54, 1.807) is 24.1 Å². The van der Waals surface area contributed by atoms with Crippen LogP contribution in [0.1, 0.15) is 29.0 Å². The molecule has 2 unspecified atom stereocenters. The quantitative estimate of drug-likeness (QED) is 0.838. The second-order valence-corrected chi connectivity index (χ2v) is 7.05. The number of hydrogen-bond donors (Lipinski definition) is 1. The maximum Gasteiger partial charge on any atom is 0.418 e. The Balaban J connectivity index is 1.82. The van der Waals surface area contributed by atoms with Crippen LogP contribution in [0.2, 0.25) is 0 Å². The van der Waals surface area contributed by atoms with Gasteiger partial charge in [0.25, 0.3) is 0 Å². The molecule has 2 aliphatic rings. The summed E-state index contributed by atoms with van der Waals surface area (Å²) in [4.78, 5) is 1.81. The Morgan fingerprint density at radius 1 is 1.19 bits per heavy atom. The van der Waals surface area contributed by atoms with E-state index in [1.807, 2.05) is 25.1 Å². The van der Waals surface area contributed by atoms with E-state index < -0.39 is 11.7 Å². The molecule has 1 saturated heterocycles. The average Bonchev–Trinajstić information content (AvgIpc) is 2.89. The van der Waals surface area contributed by atoms with Crippen LogP contribution >= 0.6 is 0 Å². The molecular formula is C20H21F3N2O. The standard InChI is InChI=1S/C20H21F3N2O/c1-12-5-3-4-6-18(12)26-13-9-14-15-11-24-8-7-17(15)25(2)19(14)16(10-13)20(21,22)23/h3-6,9-10,15,17,24H,7-8,11H2,1-2H3. The summed E-state index contributed by atoms with van der Waals surface area (Å²) in [6, 6.07) is 10.3. The fraction of sp³-hybridized carbons (Fsp3) is 0.400. The molecule has 6 heteroatoms. The number of fused-ring (bicyclic) bond motifs is 3. The summed E-state index contributed by atoms with van der Waals surface area (Å²) in [7, 11) is 1.77. The van der Waals surface area contributed by atoms with Crippen LogP contribution in [0.3, 0.4) is 0 Å². The summed E-state index contributed by atoms with van der Waals surface area (Å²) in [5.74, 6) is 0.862. The molecule has 2 atom stereocenters. The lowest BCUT2D eigenvalue weighted by atomic mass is 9.89. The molecule has 3 nitrogen and oxygen atoms in total. The molecule has 0 bridgehead atoms. The van der Waals surface area contributed by atoms with Crippen LogP contribution in [0.4, 0.5) is 18.9 Å². The van der Waals surface area contributed by atoms with Crippen molar-refractivity contribution < 1.29 is 17.9 Å². The summed E-state index contributed by atoms with van der Waals surface area (Å²) in [5.41, 5.74) is 1.29. The molecule has 2 aromatic carbocycles. The second kappa shape index (κ2) is 6.20. The number of likely N-dealkylation sites (N-methyl/N-ethyl adjacent to an activating group) is 1. The van der Waals surface area contributed by atoms with Crippen LogP contribution in [-0.2, 0) is 6.18 Å². The maximum absolute atomic E-state index is 13.8. The third-order valence-corrected chi connectivity index (χ3v) is 5.43. The molecule has 4 rings (SSSR count). The number of hydrogen-bond acceptors (Lipinski definition) is 3. The van der Waals surface area contributed by atoms with Crippen molar-refractivity contribution >= 4 is 5.69 Å². The Morgan fingerprint density at radius 2 is 1.96 bits per heavy atom. The molecule has 138 valence electrons. The number of para-hydroxylation sites is 1. The molecule has 0 aliphatic carbocycles. The van der Waals surface area contributed by atoms with Crippen molar-refractivity contribution in [1.82, 2.24) is 5.32 Å². The number of nitrogens with one attached hydrogen (secondary N) is 1. The highest BCUT2D eigenvalue weighted by atomic mass is 19.4. The van der Waals surface area contributed by atoms with Gasteiger partial charge in [-0.2, -0.15) is 13.2 Å². The smallest absolute Gasteiger partial charge is 0.418 e. The van der Waals surface area contributed by atoms with Gasteiger partial charge >= 0.3 is 6.18 Å². The summed E-state index contributed by atoms with van der Waals surface area (Å²) >= 11 is 0. The van der Waals surface area contributed by atoms with Gasteiger partial charge in [0.2, 0.25) is 0 Å². The third kappa shape index (κ3) is 2.82. The van der Waals surface area contributed by atoms with Crippen molar-refractivity contribution in [3.05, 3.63) is 53.1 Å².